The van der Waals surface area contributed by atoms with Gasteiger partial charge < -0.3 is 30.6 Å². The number of hydrogen-bond acceptors (Lipinski definition) is 6. The minimum absolute atomic E-state index is 0.179. The Kier molecular flexibility index (Phi) is 14.8. The van der Waals surface area contributed by atoms with Gasteiger partial charge in [-0.1, -0.05) is 90.4 Å². The van der Waals surface area contributed by atoms with Gasteiger partial charge >= 0.3 is 5.97 Å². The average Bonchev–Trinajstić information content (AvgIpc) is 2.65. The van der Waals surface area contributed by atoms with Crippen LogP contribution in [-0.4, -0.2) is 60.7 Å². The van der Waals surface area contributed by atoms with E-state index in [-0.39, 0.29) is 6.42 Å². The summed E-state index contributed by atoms with van der Waals surface area (Å²) >= 11 is 0. The van der Waals surface area contributed by atoms with Crippen LogP contribution in [0.5, 0.6) is 0 Å². The topological polar surface area (TPSA) is 138 Å². The number of aliphatic hydroxyl groups excluding tert-OH is 2. The second-order valence-corrected chi connectivity index (χ2v) is 8.04. The summed E-state index contributed by atoms with van der Waals surface area (Å²) in [6.45, 7) is 1.52. The van der Waals surface area contributed by atoms with Crippen molar-refractivity contribution in [2.45, 2.75) is 121 Å². The lowest BCUT2D eigenvalue weighted by atomic mass is 9.82. The highest BCUT2D eigenvalue weighted by Crippen LogP contribution is 2.31. The highest BCUT2D eigenvalue weighted by atomic mass is 16.6. The highest BCUT2D eigenvalue weighted by Gasteiger charge is 2.54. The van der Waals surface area contributed by atoms with Crippen molar-refractivity contribution >= 4 is 5.97 Å². The third kappa shape index (κ3) is 10.7. The molecule has 2 unspecified atom stereocenters. The molecule has 0 saturated heterocycles. The molecular formula is C21H42O7. The molecule has 7 nitrogen and oxygen atoms in total. The van der Waals surface area contributed by atoms with Gasteiger partial charge in [0, 0.05) is 6.42 Å². The summed E-state index contributed by atoms with van der Waals surface area (Å²) in [6.07, 6.45) is 12.3. The van der Waals surface area contributed by atoms with Gasteiger partial charge in [-0.05, 0) is 6.42 Å². The van der Waals surface area contributed by atoms with Crippen LogP contribution in [0.4, 0.5) is 0 Å². The maximum atomic E-state index is 11.1. The van der Waals surface area contributed by atoms with E-state index < -0.39 is 36.5 Å². The molecule has 0 spiro atoms. The Morgan fingerprint density at radius 2 is 1.18 bits per heavy atom. The molecule has 0 heterocycles. The molecule has 0 amide bonds. The van der Waals surface area contributed by atoms with Crippen LogP contribution in [0.2, 0.25) is 0 Å². The monoisotopic (exact) mass is 406 g/mol. The molecule has 0 aliphatic rings. The molecule has 6 N–H and O–H groups in total. The van der Waals surface area contributed by atoms with Crippen LogP contribution in [0.25, 0.3) is 0 Å². The van der Waals surface area contributed by atoms with E-state index in [0.29, 0.717) is 6.42 Å². The molecule has 168 valence electrons. The molecule has 0 aliphatic heterocycles. The first kappa shape index (κ1) is 27.3. The first-order valence-corrected chi connectivity index (χ1v) is 10.9. The van der Waals surface area contributed by atoms with Crippen LogP contribution in [0.3, 0.4) is 0 Å². The summed E-state index contributed by atoms with van der Waals surface area (Å²) < 4.78 is 0. The van der Waals surface area contributed by atoms with Gasteiger partial charge in [0.2, 0.25) is 0 Å². The van der Waals surface area contributed by atoms with E-state index >= 15 is 0 Å². The van der Waals surface area contributed by atoms with E-state index in [4.69, 9.17) is 10.2 Å². The van der Waals surface area contributed by atoms with Crippen molar-refractivity contribution in [3.8, 4) is 0 Å². The molecule has 2 atom stereocenters. The van der Waals surface area contributed by atoms with Gasteiger partial charge in [-0.25, -0.2) is 4.79 Å². The summed E-state index contributed by atoms with van der Waals surface area (Å²) in [4.78, 5) is 11.1. The molecule has 0 aliphatic carbocycles. The molecule has 7 heteroatoms. The first-order valence-electron chi connectivity index (χ1n) is 10.9. The zero-order valence-electron chi connectivity index (χ0n) is 17.5. The van der Waals surface area contributed by atoms with E-state index in [1.807, 2.05) is 0 Å². The van der Waals surface area contributed by atoms with E-state index in [9.17, 15) is 25.2 Å². The number of carboxylic acid groups (broad SMARTS) is 1. The smallest absolute Gasteiger partial charge is 0.367 e. The Morgan fingerprint density at radius 1 is 0.786 bits per heavy atom. The number of aliphatic carboxylic acids is 1. The quantitative estimate of drug-likeness (QED) is 0.143. The fraction of sp³-hybridized carbons (Fsp3) is 0.952. The predicted octanol–water partition coefficient (Wildman–Crippen LogP) is 2.71. The minimum atomic E-state index is -3.37. The fourth-order valence-electron chi connectivity index (χ4n) is 3.51. The number of aliphatic hydroxyl groups is 5. The van der Waals surface area contributed by atoms with Crippen molar-refractivity contribution in [2.24, 2.45) is 0 Å². The number of hydrogen-bond donors (Lipinski definition) is 6. The molecule has 0 radical (unpaired) electrons. The van der Waals surface area contributed by atoms with Crippen LogP contribution in [0.15, 0.2) is 0 Å². The van der Waals surface area contributed by atoms with Crippen molar-refractivity contribution in [3.05, 3.63) is 0 Å². The summed E-state index contributed by atoms with van der Waals surface area (Å²) in [5, 5.41) is 57.3. The number of carboxylic acids is 1. The van der Waals surface area contributed by atoms with Gasteiger partial charge in [0.15, 0.2) is 0 Å². The third-order valence-electron chi connectivity index (χ3n) is 5.43. The summed E-state index contributed by atoms with van der Waals surface area (Å²) in [7, 11) is 0. The lowest BCUT2D eigenvalue weighted by molar-refractivity contribution is -0.280. The molecule has 0 bridgehead atoms. The summed E-state index contributed by atoms with van der Waals surface area (Å²) in [6, 6.07) is 0. The summed E-state index contributed by atoms with van der Waals surface area (Å²) in [5.74, 6) is -5.35. The van der Waals surface area contributed by atoms with Gasteiger partial charge in [0.1, 0.15) is 5.60 Å². The second-order valence-electron chi connectivity index (χ2n) is 8.04. The number of unbranched alkanes of at least 4 members (excludes halogenated alkanes) is 12. The van der Waals surface area contributed by atoms with Gasteiger partial charge in [-0.2, -0.15) is 0 Å². The number of rotatable bonds is 19. The SMILES string of the molecule is CCCCCCCCCCCCCCCC(O)(CC(O)CO)C(O)(O)C(=O)O. The van der Waals surface area contributed by atoms with Gasteiger partial charge in [-0.15, -0.1) is 0 Å². The normalized spacial score (nSPS) is 15.4. The largest absolute Gasteiger partial charge is 0.477 e. The van der Waals surface area contributed by atoms with Crippen LogP contribution >= 0.6 is 0 Å². The van der Waals surface area contributed by atoms with Crippen molar-refractivity contribution < 1.29 is 35.4 Å². The number of carbonyl (C=O) groups is 1. The fourth-order valence-corrected chi connectivity index (χ4v) is 3.51. The lowest BCUT2D eigenvalue weighted by Crippen LogP contribution is -2.61. The van der Waals surface area contributed by atoms with E-state index in [2.05, 4.69) is 6.92 Å². The van der Waals surface area contributed by atoms with Crippen LogP contribution in [-0.2, 0) is 4.79 Å². The molecule has 0 aromatic carbocycles. The van der Waals surface area contributed by atoms with Crippen molar-refractivity contribution in [1.29, 1.82) is 0 Å². The lowest BCUT2D eigenvalue weighted by Gasteiger charge is -2.37. The van der Waals surface area contributed by atoms with E-state index in [1.165, 1.54) is 51.4 Å². The minimum Gasteiger partial charge on any atom is -0.477 e. The third-order valence-corrected chi connectivity index (χ3v) is 5.43. The Morgan fingerprint density at radius 3 is 1.54 bits per heavy atom. The molecule has 0 fully saturated rings. The van der Waals surface area contributed by atoms with Crippen LogP contribution in [0, 0.1) is 0 Å². The Labute approximate surface area is 169 Å². The second kappa shape index (κ2) is 15.2. The van der Waals surface area contributed by atoms with Crippen molar-refractivity contribution in [3.63, 3.8) is 0 Å². The van der Waals surface area contributed by atoms with E-state index in [0.717, 1.165) is 25.7 Å². The maximum absolute atomic E-state index is 11.1. The maximum Gasteiger partial charge on any atom is 0.367 e. The molecule has 0 saturated carbocycles. The average molecular weight is 407 g/mol. The standard InChI is InChI=1S/C21H42O7/c1-2-3-4-5-6-7-8-9-10-11-12-13-14-15-20(26,16-18(23)17-22)21(27,28)19(24)25/h18,22-23,26-28H,2-17H2,1H3,(H,24,25). The Bertz CT molecular complexity index is 400. The van der Waals surface area contributed by atoms with Gasteiger partial charge in [0.05, 0.1) is 12.7 Å². The first-order chi connectivity index (χ1) is 13.2. The molecule has 28 heavy (non-hydrogen) atoms. The van der Waals surface area contributed by atoms with Crippen molar-refractivity contribution in [2.75, 3.05) is 6.61 Å². The van der Waals surface area contributed by atoms with Gasteiger partial charge in [-0.3, -0.25) is 0 Å². The Hall–Kier alpha value is -0.730. The van der Waals surface area contributed by atoms with E-state index in [1.54, 1.807) is 0 Å². The molecule has 0 aromatic heterocycles. The van der Waals surface area contributed by atoms with Gasteiger partial charge in [0.25, 0.3) is 5.79 Å². The van der Waals surface area contributed by atoms with Crippen LogP contribution < -0.4 is 0 Å². The predicted molar refractivity (Wildman–Crippen MR) is 108 cm³/mol. The van der Waals surface area contributed by atoms with Crippen molar-refractivity contribution in [1.82, 2.24) is 0 Å². The molecule has 0 aromatic rings. The zero-order chi connectivity index (χ0) is 21.5. The molecule has 0 rings (SSSR count). The highest BCUT2D eigenvalue weighted by molar-refractivity contribution is 5.76. The Balaban J connectivity index is 3.99. The summed E-state index contributed by atoms with van der Waals surface area (Å²) in [5.41, 5.74) is -2.42. The zero-order valence-corrected chi connectivity index (χ0v) is 17.5. The molecular weight excluding hydrogens is 364 g/mol. The van der Waals surface area contributed by atoms with Crippen LogP contribution in [0.1, 0.15) is 103 Å².